The molecule has 0 bridgehead atoms. The van der Waals surface area contributed by atoms with Crippen molar-refractivity contribution in [3.8, 4) is 0 Å². The molecule has 0 aliphatic carbocycles. The van der Waals surface area contributed by atoms with Gasteiger partial charge in [-0.05, 0) is 38.9 Å². The summed E-state index contributed by atoms with van der Waals surface area (Å²) >= 11 is 1.54. The molecule has 0 saturated carbocycles. The molecule has 0 radical (unpaired) electrons. The smallest absolute Gasteiger partial charge is 0.239 e. The molecule has 1 N–H and O–H groups in total. The van der Waals surface area contributed by atoms with Crippen LogP contribution in [0.15, 0.2) is 35.0 Å². The minimum Gasteiger partial charge on any atom is -0.319 e. The van der Waals surface area contributed by atoms with Crippen LogP contribution in [0.1, 0.15) is 26.7 Å². The van der Waals surface area contributed by atoms with Gasteiger partial charge in [-0.3, -0.25) is 9.59 Å². The fourth-order valence-corrected chi connectivity index (χ4v) is 4.30. The van der Waals surface area contributed by atoms with Gasteiger partial charge in [0.2, 0.25) is 11.8 Å². The molecule has 2 aliphatic heterocycles. The van der Waals surface area contributed by atoms with Crippen molar-refractivity contribution in [2.75, 3.05) is 27.2 Å². The molecular formula is C18H27N3O2S. The molecule has 0 aromatic carbocycles. The van der Waals surface area contributed by atoms with E-state index in [1.54, 1.807) is 16.8 Å². The van der Waals surface area contributed by atoms with Gasteiger partial charge in [0.25, 0.3) is 0 Å². The lowest BCUT2D eigenvalue weighted by Gasteiger charge is -2.32. The lowest BCUT2D eigenvalue weighted by molar-refractivity contribution is -0.127. The normalized spacial score (nSPS) is 28.3. The third kappa shape index (κ3) is 3.92. The SMILES string of the molecule is C=C(/C=C1/SC(C)C(=O)N(C)/C1=C/CC)N1CC(CNC)CC1=O. The molecule has 0 aromatic heterocycles. The zero-order chi connectivity index (χ0) is 17.9. The summed E-state index contributed by atoms with van der Waals surface area (Å²) in [5.74, 6) is 0.552. The van der Waals surface area contributed by atoms with Crippen molar-refractivity contribution < 1.29 is 9.59 Å². The molecule has 6 heteroatoms. The lowest BCUT2D eigenvalue weighted by atomic mass is 10.1. The third-order valence-corrected chi connectivity index (χ3v) is 5.47. The first kappa shape index (κ1) is 18.8. The fourth-order valence-electron chi connectivity index (χ4n) is 3.11. The Hall–Kier alpha value is -1.53. The highest BCUT2D eigenvalue weighted by Crippen LogP contribution is 2.38. The van der Waals surface area contributed by atoms with E-state index in [-0.39, 0.29) is 17.1 Å². The molecule has 0 spiro atoms. The maximum absolute atomic E-state index is 12.3. The number of carbonyl (C=O) groups is 2. The van der Waals surface area contributed by atoms with E-state index in [0.29, 0.717) is 24.6 Å². The lowest BCUT2D eigenvalue weighted by Crippen LogP contribution is -2.37. The first-order chi connectivity index (χ1) is 11.4. The number of carbonyl (C=O) groups excluding carboxylic acids is 2. The summed E-state index contributed by atoms with van der Waals surface area (Å²) in [6.45, 7) is 9.59. The first-order valence-corrected chi connectivity index (χ1v) is 9.27. The number of nitrogens with one attached hydrogen (secondary N) is 1. The molecule has 2 atom stereocenters. The highest BCUT2D eigenvalue weighted by atomic mass is 32.2. The van der Waals surface area contributed by atoms with Crippen LogP contribution in [0.4, 0.5) is 0 Å². The average molecular weight is 350 g/mol. The summed E-state index contributed by atoms with van der Waals surface area (Å²) in [5.41, 5.74) is 1.61. The predicted molar refractivity (Wildman–Crippen MR) is 99.2 cm³/mol. The van der Waals surface area contributed by atoms with Crippen molar-refractivity contribution >= 4 is 23.6 Å². The molecule has 0 aromatic rings. The number of thioether (sulfide) groups is 1. The van der Waals surface area contributed by atoms with Crippen molar-refractivity contribution in [2.24, 2.45) is 5.92 Å². The number of allylic oxidation sites excluding steroid dienone is 2. The summed E-state index contributed by atoms with van der Waals surface area (Å²) in [6.07, 6.45) is 5.40. The van der Waals surface area contributed by atoms with E-state index in [1.165, 1.54) is 11.8 Å². The molecule has 5 nitrogen and oxygen atoms in total. The van der Waals surface area contributed by atoms with Gasteiger partial charge in [0, 0.05) is 30.6 Å². The summed E-state index contributed by atoms with van der Waals surface area (Å²) in [7, 11) is 3.71. The van der Waals surface area contributed by atoms with Crippen LogP contribution in [0, 0.1) is 5.92 Å². The number of rotatable bonds is 5. The van der Waals surface area contributed by atoms with Crippen LogP contribution < -0.4 is 5.32 Å². The zero-order valence-electron chi connectivity index (χ0n) is 15.0. The van der Waals surface area contributed by atoms with Gasteiger partial charge in [0.1, 0.15) is 0 Å². The Morgan fingerprint density at radius 3 is 2.79 bits per heavy atom. The second-order valence-electron chi connectivity index (χ2n) is 6.29. The van der Waals surface area contributed by atoms with Gasteiger partial charge < -0.3 is 15.1 Å². The molecule has 2 aliphatic rings. The van der Waals surface area contributed by atoms with Crippen LogP contribution >= 0.6 is 11.8 Å². The molecule has 24 heavy (non-hydrogen) atoms. The number of amides is 2. The van der Waals surface area contributed by atoms with Gasteiger partial charge in [0.15, 0.2) is 0 Å². The van der Waals surface area contributed by atoms with E-state index in [9.17, 15) is 9.59 Å². The van der Waals surface area contributed by atoms with Crippen molar-refractivity contribution in [1.82, 2.24) is 15.1 Å². The van der Waals surface area contributed by atoms with Crippen LogP contribution in [-0.2, 0) is 9.59 Å². The molecular weight excluding hydrogens is 322 g/mol. The van der Waals surface area contributed by atoms with Crippen LogP contribution in [0.5, 0.6) is 0 Å². The molecule has 2 unspecified atom stereocenters. The number of likely N-dealkylation sites (N-methyl/N-ethyl adjacent to an activating group) is 1. The Bertz CT molecular complexity index is 597. The Balaban J connectivity index is 2.21. The minimum absolute atomic E-state index is 0.105. The molecule has 2 amide bonds. The maximum atomic E-state index is 12.3. The second-order valence-corrected chi connectivity index (χ2v) is 7.67. The average Bonchev–Trinajstić information content (AvgIpc) is 2.90. The van der Waals surface area contributed by atoms with E-state index in [2.05, 4.69) is 11.9 Å². The Labute approximate surface area is 148 Å². The van der Waals surface area contributed by atoms with Crippen LogP contribution in [0.3, 0.4) is 0 Å². The third-order valence-electron chi connectivity index (χ3n) is 4.34. The predicted octanol–water partition coefficient (Wildman–Crippen LogP) is 2.34. The first-order valence-electron chi connectivity index (χ1n) is 8.39. The van der Waals surface area contributed by atoms with E-state index in [4.69, 9.17) is 0 Å². The van der Waals surface area contributed by atoms with Crippen molar-refractivity contribution in [3.63, 3.8) is 0 Å². The van der Waals surface area contributed by atoms with Gasteiger partial charge in [0.05, 0.1) is 10.9 Å². The molecule has 2 rings (SSSR count). The number of nitrogens with zero attached hydrogens (tertiary/aromatic N) is 2. The molecule has 2 fully saturated rings. The quantitative estimate of drug-likeness (QED) is 0.828. The number of hydrogen-bond donors (Lipinski definition) is 1. The highest BCUT2D eigenvalue weighted by Gasteiger charge is 2.33. The van der Waals surface area contributed by atoms with Crippen molar-refractivity contribution in [2.45, 2.75) is 31.9 Å². The maximum Gasteiger partial charge on any atom is 0.239 e. The minimum atomic E-state index is -0.130. The van der Waals surface area contributed by atoms with Crippen LogP contribution in [-0.4, -0.2) is 54.0 Å². The Kier molecular flexibility index (Phi) is 6.29. The summed E-state index contributed by atoms with van der Waals surface area (Å²) in [6, 6.07) is 0. The number of hydrogen-bond acceptors (Lipinski definition) is 4. The van der Waals surface area contributed by atoms with Gasteiger partial charge in [-0.25, -0.2) is 0 Å². The highest BCUT2D eigenvalue weighted by molar-refractivity contribution is 8.04. The van der Waals surface area contributed by atoms with E-state index in [1.807, 2.05) is 33.0 Å². The zero-order valence-corrected chi connectivity index (χ0v) is 15.8. The standard InChI is InChI=1S/C18H27N3O2S/c1-6-7-15-16(24-13(3)18(23)20(15)5)8-12(2)21-11-14(10-19-4)9-17(21)22/h7-8,13-14,19H,2,6,9-11H2,1,3-5H3/b15-7+,16-8+. The van der Waals surface area contributed by atoms with Gasteiger partial charge in [-0.2, -0.15) is 0 Å². The topological polar surface area (TPSA) is 52.7 Å². The van der Waals surface area contributed by atoms with Crippen molar-refractivity contribution in [3.05, 3.63) is 35.0 Å². The monoisotopic (exact) mass is 349 g/mol. The molecule has 2 heterocycles. The van der Waals surface area contributed by atoms with E-state index >= 15 is 0 Å². The molecule has 132 valence electrons. The Morgan fingerprint density at radius 2 is 2.17 bits per heavy atom. The Morgan fingerprint density at radius 1 is 1.46 bits per heavy atom. The largest absolute Gasteiger partial charge is 0.319 e. The molecule has 2 saturated heterocycles. The van der Waals surface area contributed by atoms with Crippen LogP contribution in [0.25, 0.3) is 0 Å². The fraction of sp³-hybridized carbons (Fsp3) is 0.556. The summed E-state index contributed by atoms with van der Waals surface area (Å²) in [4.78, 5) is 28.9. The van der Waals surface area contributed by atoms with Crippen molar-refractivity contribution in [1.29, 1.82) is 0 Å². The van der Waals surface area contributed by atoms with Crippen LogP contribution in [0.2, 0.25) is 0 Å². The van der Waals surface area contributed by atoms with Gasteiger partial charge >= 0.3 is 0 Å². The van der Waals surface area contributed by atoms with Gasteiger partial charge in [-0.1, -0.05) is 19.6 Å². The summed E-state index contributed by atoms with van der Waals surface area (Å²) < 4.78 is 0. The van der Waals surface area contributed by atoms with Gasteiger partial charge in [-0.15, -0.1) is 11.8 Å². The second kappa shape index (κ2) is 8.03. The number of likely N-dealkylation sites (tertiary alicyclic amines) is 1. The summed E-state index contributed by atoms with van der Waals surface area (Å²) in [5, 5.41) is 3.00. The van der Waals surface area contributed by atoms with E-state index < -0.39 is 0 Å². The van der Waals surface area contributed by atoms with E-state index in [0.717, 1.165) is 23.6 Å².